The second-order valence-corrected chi connectivity index (χ2v) is 5.59. The van der Waals surface area contributed by atoms with E-state index in [1.54, 1.807) is 11.9 Å². The third kappa shape index (κ3) is 3.17. The minimum atomic E-state index is -1.05. The van der Waals surface area contributed by atoms with Crippen molar-refractivity contribution in [1.29, 1.82) is 0 Å². The Hall–Kier alpha value is -2.05. The van der Waals surface area contributed by atoms with E-state index in [1.807, 2.05) is 0 Å². The van der Waals surface area contributed by atoms with E-state index in [4.69, 9.17) is 5.11 Å². The van der Waals surface area contributed by atoms with Crippen LogP contribution < -0.4 is 5.32 Å². The second kappa shape index (κ2) is 6.15. The molecule has 7 nitrogen and oxygen atoms in total. The number of hydrogen-bond donors (Lipinski definition) is 3. The van der Waals surface area contributed by atoms with Gasteiger partial charge in [0.1, 0.15) is 11.5 Å². The number of unbranched alkanes of at least 4 members (excludes halogenated alkanes) is 1. The molecule has 0 aliphatic heterocycles. The number of carbonyl (C=O) groups is 2. The Labute approximate surface area is 123 Å². The van der Waals surface area contributed by atoms with E-state index in [1.165, 1.54) is 6.20 Å². The van der Waals surface area contributed by atoms with Crippen LogP contribution in [0.5, 0.6) is 0 Å². The predicted octanol–water partition coefficient (Wildman–Crippen LogP) is 1.93. The van der Waals surface area contributed by atoms with E-state index < -0.39 is 11.5 Å². The van der Waals surface area contributed by atoms with Gasteiger partial charge in [-0.2, -0.15) is 0 Å². The van der Waals surface area contributed by atoms with Crippen molar-refractivity contribution in [3.8, 4) is 0 Å². The van der Waals surface area contributed by atoms with E-state index in [0.717, 1.165) is 32.1 Å². The van der Waals surface area contributed by atoms with Gasteiger partial charge in [0.25, 0.3) is 0 Å². The molecule has 0 atom stereocenters. The fourth-order valence-electron chi connectivity index (χ4n) is 2.42. The Morgan fingerprint density at radius 1 is 1.52 bits per heavy atom. The fraction of sp³-hybridized carbons (Fsp3) is 0.643. The molecular weight excluding hydrogens is 272 g/mol. The molecule has 2 rings (SSSR count). The van der Waals surface area contributed by atoms with Gasteiger partial charge in [0.05, 0.1) is 11.7 Å². The summed E-state index contributed by atoms with van der Waals surface area (Å²) in [5.41, 5.74) is -0.504. The molecule has 0 aromatic carbocycles. The number of H-pyrrole nitrogens is 1. The van der Waals surface area contributed by atoms with Crippen molar-refractivity contribution in [2.45, 2.75) is 44.6 Å². The van der Waals surface area contributed by atoms with E-state index in [2.05, 4.69) is 22.2 Å². The third-order valence-electron chi connectivity index (χ3n) is 4.01. The van der Waals surface area contributed by atoms with Gasteiger partial charge in [-0.3, -0.25) is 0 Å². The average molecular weight is 294 g/mol. The normalized spacial score (nSPS) is 16.1. The van der Waals surface area contributed by atoms with Crippen LogP contribution in [0.1, 0.15) is 55.3 Å². The van der Waals surface area contributed by atoms with Gasteiger partial charge >= 0.3 is 12.0 Å². The molecule has 116 valence electrons. The van der Waals surface area contributed by atoms with Crippen molar-refractivity contribution < 1.29 is 14.7 Å². The lowest BCUT2D eigenvalue weighted by Gasteiger charge is -2.41. The number of carbonyl (C=O) groups excluding carboxylic acids is 1. The third-order valence-corrected chi connectivity index (χ3v) is 4.01. The number of nitrogens with one attached hydrogen (secondary N) is 2. The van der Waals surface area contributed by atoms with Crippen LogP contribution in [0.25, 0.3) is 0 Å². The smallest absolute Gasteiger partial charge is 0.353 e. The second-order valence-electron chi connectivity index (χ2n) is 5.59. The Balaban J connectivity index is 2.07. The molecule has 0 spiro atoms. The van der Waals surface area contributed by atoms with Crippen molar-refractivity contribution in [2.75, 3.05) is 13.6 Å². The maximum atomic E-state index is 12.2. The van der Waals surface area contributed by atoms with Crippen molar-refractivity contribution in [1.82, 2.24) is 20.2 Å². The largest absolute Gasteiger partial charge is 0.477 e. The number of aromatic amines is 1. The summed E-state index contributed by atoms with van der Waals surface area (Å²) in [5, 5.41) is 12.0. The first-order chi connectivity index (χ1) is 9.98. The molecular formula is C14H22N4O3. The van der Waals surface area contributed by atoms with Crippen molar-refractivity contribution >= 4 is 12.0 Å². The fourth-order valence-corrected chi connectivity index (χ4v) is 2.42. The van der Waals surface area contributed by atoms with Crippen LogP contribution in [-0.4, -0.2) is 45.6 Å². The molecule has 0 bridgehead atoms. The van der Waals surface area contributed by atoms with E-state index in [-0.39, 0.29) is 11.7 Å². The van der Waals surface area contributed by atoms with Crippen LogP contribution in [0.4, 0.5) is 4.79 Å². The first-order valence-corrected chi connectivity index (χ1v) is 7.30. The van der Waals surface area contributed by atoms with Crippen molar-refractivity contribution in [3.63, 3.8) is 0 Å². The van der Waals surface area contributed by atoms with Crippen LogP contribution in [0.2, 0.25) is 0 Å². The molecule has 1 fully saturated rings. The highest BCUT2D eigenvalue weighted by atomic mass is 16.4. The molecule has 3 N–H and O–H groups in total. The lowest BCUT2D eigenvalue weighted by molar-refractivity contribution is 0.0690. The lowest BCUT2D eigenvalue weighted by atomic mass is 9.76. The predicted molar refractivity (Wildman–Crippen MR) is 77.1 cm³/mol. The molecule has 21 heavy (non-hydrogen) atoms. The molecule has 1 aromatic heterocycles. The quantitative estimate of drug-likeness (QED) is 0.746. The maximum Gasteiger partial charge on any atom is 0.353 e. The van der Waals surface area contributed by atoms with Gasteiger partial charge in [-0.25, -0.2) is 14.6 Å². The van der Waals surface area contributed by atoms with Crippen LogP contribution in [0, 0.1) is 0 Å². The van der Waals surface area contributed by atoms with Gasteiger partial charge in [0.15, 0.2) is 0 Å². The summed E-state index contributed by atoms with van der Waals surface area (Å²) in [6.45, 7) is 2.78. The number of carboxylic acids is 1. The number of hydrogen-bond acceptors (Lipinski definition) is 3. The topological polar surface area (TPSA) is 98.3 Å². The molecule has 1 aromatic rings. The zero-order valence-electron chi connectivity index (χ0n) is 12.5. The molecule has 7 heteroatoms. The summed E-state index contributed by atoms with van der Waals surface area (Å²) in [4.78, 5) is 31.8. The summed E-state index contributed by atoms with van der Waals surface area (Å²) in [7, 11) is 1.77. The zero-order chi connectivity index (χ0) is 15.5. The number of rotatable bonds is 6. The van der Waals surface area contributed by atoms with E-state index in [0.29, 0.717) is 12.4 Å². The maximum absolute atomic E-state index is 12.2. The number of nitrogens with zero attached hydrogens (tertiary/aromatic N) is 2. The van der Waals surface area contributed by atoms with Gasteiger partial charge < -0.3 is 20.3 Å². The first-order valence-electron chi connectivity index (χ1n) is 7.30. The first kappa shape index (κ1) is 15.3. The Kier molecular flexibility index (Phi) is 4.50. The molecule has 1 saturated carbocycles. The SMILES string of the molecule is CCCCN(C)C(=O)NC1(c2ncc(C(=O)O)[nH]2)CCC1. The number of aromatic carboxylic acids is 1. The summed E-state index contributed by atoms with van der Waals surface area (Å²) in [6, 6.07) is -0.142. The molecule has 0 unspecified atom stereocenters. The summed E-state index contributed by atoms with van der Waals surface area (Å²) in [6.07, 6.45) is 5.82. The average Bonchev–Trinajstić information content (AvgIpc) is 2.89. The van der Waals surface area contributed by atoms with Gasteiger partial charge in [-0.15, -0.1) is 0 Å². The van der Waals surface area contributed by atoms with Crippen molar-refractivity contribution in [2.24, 2.45) is 0 Å². The number of amides is 2. The Morgan fingerprint density at radius 2 is 2.24 bits per heavy atom. The molecule has 0 radical (unpaired) electrons. The van der Waals surface area contributed by atoms with Crippen molar-refractivity contribution in [3.05, 3.63) is 17.7 Å². The van der Waals surface area contributed by atoms with Gasteiger partial charge in [-0.1, -0.05) is 13.3 Å². The van der Waals surface area contributed by atoms with Gasteiger partial charge in [-0.05, 0) is 25.7 Å². The number of imidazole rings is 1. The minimum absolute atomic E-state index is 0.0462. The highest BCUT2D eigenvalue weighted by Gasteiger charge is 2.43. The standard InChI is InChI=1S/C14H22N4O3/c1-3-4-8-18(2)13(21)17-14(6-5-7-14)12-15-9-10(16-12)11(19)20/h9H,3-8H2,1-2H3,(H,15,16)(H,17,21)(H,19,20). The van der Waals surface area contributed by atoms with Crippen LogP contribution >= 0.6 is 0 Å². The number of aromatic nitrogens is 2. The van der Waals surface area contributed by atoms with Gasteiger partial charge in [0.2, 0.25) is 0 Å². The zero-order valence-corrected chi connectivity index (χ0v) is 12.5. The van der Waals surface area contributed by atoms with Crippen LogP contribution in [0.15, 0.2) is 6.20 Å². The van der Waals surface area contributed by atoms with Gasteiger partial charge in [0, 0.05) is 13.6 Å². The molecule has 0 saturated heterocycles. The van der Waals surface area contributed by atoms with Crippen LogP contribution in [-0.2, 0) is 5.54 Å². The molecule has 2 amide bonds. The highest BCUT2D eigenvalue weighted by molar-refractivity contribution is 5.85. The molecule has 1 heterocycles. The summed E-state index contributed by atoms with van der Waals surface area (Å²) in [5.74, 6) is -0.516. The Bertz CT molecular complexity index is 522. The monoisotopic (exact) mass is 294 g/mol. The van der Waals surface area contributed by atoms with E-state index >= 15 is 0 Å². The summed E-state index contributed by atoms with van der Waals surface area (Å²) < 4.78 is 0. The Morgan fingerprint density at radius 3 is 2.71 bits per heavy atom. The minimum Gasteiger partial charge on any atom is -0.477 e. The van der Waals surface area contributed by atoms with E-state index in [9.17, 15) is 9.59 Å². The lowest BCUT2D eigenvalue weighted by Crippen LogP contribution is -2.55. The molecule has 1 aliphatic rings. The summed E-state index contributed by atoms with van der Waals surface area (Å²) >= 11 is 0. The van der Waals surface area contributed by atoms with Crippen LogP contribution in [0.3, 0.4) is 0 Å². The number of carboxylic acid groups (broad SMARTS) is 1. The highest BCUT2D eigenvalue weighted by Crippen LogP contribution is 2.39. The molecule has 1 aliphatic carbocycles. The number of urea groups is 1.